The molecule has 0 bridgehead atoms. The fourth-order valence-electron chi connectivity index (χ4n) is 1.65. The number of amides is 1. The molecular weight excluding hydrogens is 248 g/mol. The zero-order chi connectivity index (χ0) is 14.0. The van der Waals surface area contributed by atoms with Crippen LogP contribution in [0, 0.1) is 12.8 Å². The molecule has 0 aliphatic heterocycles. The summed E-state index contributed by atoms with van der Waals surface area (Å²) in [6.07, 6.45) is 1.30. The van der Waals surface area contributed by atoms with Crippen molar-refractivity contribution in [1.29, 1.82) is 0 Å². The van der Waals surface area contributed by atoms with Crippen LogP contribution >= 0.6 is 0 Å². The number of nitrogens with zero attached hydrogens (tertiary/aromatic N) is 3. The normalized spacial score (nSPS) is 11.2. The Hall–Kier alpha value is -2.18. The fraction of sp³-hybridized carbons (Fsp3) is 0.500. The summed E-state index contributed by atoms with van der Waals surface area (Å²) < 4.78 is 6.15. The van der Waals surface area contributed by atoms with Gasteiger partial charge in [0.05, 0.1) is 5.69 Å². The van der Waals surface area contributed by atoms with Crippen molar-refractivity contribution in [2.24, 2.45) is 5.92 Å². The van der Waals surface area contributed by atoms with E-state index in [4.69, 9.17) is 4.52 Å². The maximum atomic E-state index is 12.1. The highest BCUT2D eigenvalue weighted by atomic mass is 16.5. The van der Waals surface area contributed by atoms with Gasteiger partial charge in [-0.1, -0.05) is 19.0 Å². The molecule has 1 amide bonds. The maximum absolute atomic E-state index is 12.1. The molecule has 2 rings (SSSR count). The minimum atomic E-state index is -0.316. The van der Waals surface area contributed by atoms with Crippen LogP contribution in [0.4, 0.5) is 0 Å². The third-order valence-electron chi connectivity index (χ3n) is 2.66. The average molecular weight is 264 g/mol. The summed E-state index contributed by atoms with van der Waals surface area (Å²) in [7, 11) is 0. The van der Waals surface area contributed by atoms with Crippen LogP contribution < -0.4 is 10.9 Å². The first kappa shape index (κ1) is 13.3. The molecule has 7 heteroatoms. The Labute approximate surface area is 109 Å². The minimum absolute atomic E-state index is 0.0564. The maximum Gasteiger partial charge on any atom is 0.267 e. The molecule has 0 saturated heterocycles. The van der Waals surface area contributed by atoms with Crippen molar-refractivity contribution in [1.82, 2.24) is 20.0 Å². The molecule has 0 radical (unpaired) electrons. The summed E-state index contributed by atoms with van der Waals surface area (Å²) in [6, 6.07) is 0. The Morgan fingerprint density at radius 2 is 2.26 bits per heavy atom. The number of fused-ring (bicyclic) bond motifs is 1. The standard InChI is InChI=1S/C12H16N4O3/c1-7(2)4-13-9(17)5-16-6-14-11-10(12(16)18)8(3)15-19-11/h6-7H,4-5H2,1-3H3,(H,13,17). The average Bonchev–Trinajstić information content (AvgIpc) is 2.73. The summed E-state index contributed by atoms with van der Waals surface area (Å²) in [6.45, 7) is 6.19. The van der Waals surface area contributed by atoms with Gasteiger partial charge in [-0.2, -0.15) is 0 Å². The number of aromatic nitrogens is 3. The van der Waals surface area contributed by atoms with E-state index in [0.717, 1.165) is 0 Å². The molecule has 0 saturated carbocycles. The predicted molar refractivity (Wildman–Crippen MR) is 68.6 cm³/mol. The third kappa shape index (κ3) is 2.81. The molecule has 0 aliphatic carbocycles. The van der Waals surface area contributed by atoms with E-state index in [1.54, 1.807) is 6.92 Å². The van der Waals surface area contributed by atoms with Crippen LogP contribution in [0.1, 0.15) is 19.5 Å². The van der Waals surface area contributed by atoms with Gasteiger partial charge < -0.3 is 9.84 Å². The van der Waals surface area contributed by atoms with Crippen LogP contribution in [0.3, 0.4) is 0 Å². The van der Waals surface area contributed by atoms with Crippen molar-refractivity contribution in [2.45, 2.75) is 27.3 Å². The van der Waals surface area contributed by atoms with Crippen LogP contribution in [0.15, 0.2) is 15.6 Å². The van der Waals surface area contributed by atoms with Gasteiger partial charge in [0.25, 0.3) is 11.3 Å². The smallest absolute Gasteiger partial charge is 0.267 e. The van der Waals surface area contributed by atoms with E-state index < -0.39 is 0 Å². The predicted octanol–water partition coefficient (Wildman–Crippen LogP) is 0.465. The molecule has 2 aromatic heterocycles. The number of carbonyl (C=O) groups excluding carboxylic acids is 1. The first-order valence-corrected chi connectivity index (χ1v) is 6.07. The van der Waals surface area contributed by atoms with Gasteiger partial charge in [-0.25, -0.2) is 4.98 Å². The van der Waals surface area contributed by atoms with Crippen LogP contribution in [0.2, 0.25) is 0 Å². The van der Waals surface area contributed by atoms with Crippen molar-refractivity contribution in [2.75, 3.05) is 6.54 Å². The number of carbonyl (C=O) groups is 1. The Morgan fingerprint density at radius 3 is 2.95 bits per heavy atom. The molecule has 0 fully saturated rings. The third-order valence-corrected chi connectivity index (χ3v) is 2.66. The Bertz CT molecular complexity index is 657. The molecule has 7 nitrogen and oxygen atoms in total. The van der Waals surface area contributed by atoms with Crippen LogP contribution in [0.25, 0.3) is 11.1 Å². The molecule has 0 aromatic carbocycles. The van der Waals surface area contributed by atoms with E-state index in [1.807, 2.05) is 13.8 Å². The van der Waals surface area contributed by atoms with E-state index in [2.05, 4.69) is 15.5 Å². The number of aryl methyl sites for hydroxylation is 1. The Morgan fingerprint density at radius 1 is 1.53 bits per heavy atom. The monoisotopic (exact) mass is 264 g/mol. The van der Waals surface area contributed by atoms with E-state index in [0.29, 0.717) is 23.5 Å². The molecule has 19 heavy (non-hydrogen) atoms. The molecule has 102 valence electrons. The largest absolute Gasteiger partial charge is 0.354 e. The highest BCUT2D eigenvalue weighted by Gasteiger charge is 2.13. The van der Waals surface area contributed by atoms with Gasteiger partial charge in [-0.05, 0) is 12.8 Å². The molecule has 0 aliphatic rings. The summed E-state index contributed by atoms with van der Waals surface area (Å²) in [5.41, 5.74) is 0.356. The second-order valence-electron chi connectivity index (χ2n) is 4.82. The highest BCUT2D eigenvalue weighted by molar-refractivity contribution is 5.77. The molecule has 2 aromatic rings. The molecule has 2 heterocycles. The summed E-state index contributed by atoms with van der Waals surface area (Å²) in [5.74, 6) is 0.146. The van der Waals surface area contributed by atoms with Crippen molar-refractivity contribution in [3.63, 3.8) is 0 Å². The Balaban J connectivity index is 2.21. The van der Waals surface area contributed by atoms with Gasteiger partial charge in [0, 0.05) is 6.54 Å². The van der Waals surface area contributed by atoms with Crippen LogP contribution in [-0.2, 0) is 11.3 Å². The molecular formula is C12H16N4O3. The van der Waals surface area contributed by atoms with Gasteiger partial charge in [-0.15, -0.1) is 0 Å². The van der Waals surface area contributed by atoms with Gasteiger partial charge in [0.15, 0.2) is 0 Å². The quantitative estimate of drug-likeness (QED) is 0.866. The molecule has 1 N–H and O–H groups in total. The lowest BCUT2D eigenvalue weighted by atomic mass is 10.2. The van der Waals surface area contributed by atoms with E-state index in [-0.39, 0.29) is 23.7 Å². The molecule has 0 atom stereocenters. The van der Waals surface area contributed by atoms with Gasteiger partial charge in [-0.3, -0.25) is 14.2 Å². The van der Waals surface area contributed by atoms with Crippen LogP contribution in [-0.4, -0.2) is 27.2 Å². The number of hydrogen-bond acceptors (Lipinski definition) is 5. The van der Waals surface area contributed by atoms with Crippen molar-refractivity contribution in [3.05, 3.63) is 22.4 Å². The van der Waals surface area contributed by atoms with E-state index in [1.165, 1.54) is 10.9 Å². The molecule has 0 spiro atoms. The lowest BCUT2D eigenvalue weighted by molar-refractivity contribution is -0.121. The van der Waals surface area contributed by atoms with Crippen molar-refractivity contribution in [3.8, 4) is 0 Å². The minimum Gasteiger partial charge on any atom is -0.354 e. The van der Waals surface area contributed by atoms with Crippen LogP contribution in [0.5, 0.6) is 0 Å². The lowest BCUT2D eigenvalue weighted by Crippen LogP contribution is -2.34. The second-order valence-corrected chi connectivity index (χ2v) is 4.82. The topological polar surface area (TPSA) is 90.0 Å². The summed E-state index contributed by atoms with van der Waals surface area (Å²) in [5, 5.41) is 6.75. The van der Waals surface area contributed by atoms with Gasteiger partial charge in [0.1, 0.15) is 18.3 Å². The van der Waals surface area contributed by atoms with Crippen molar-refractivity contribution >= 4 is 17.0 Å². The lowest BCUT2D eigenvalue weighted by Gasteiger charge is -2.08. The second kappa shape index (κ2) is 5.21. The zero-order valence-corrected chi connectivity index (χ0v) is 11.1. The van der Waals surface area contributed by atoms with E-state index in [9.17, 15) is 9.59 Å². The fourth-order valence-corrected chi connectivity index (χ4v) is 1.65. The first-order chi connectivity index (χ1) is 8.99. The number of nitrogens with one attached hydrogen (secondary N) is 1. The SMILES string of the molecule is Cc1noc2ncn(CC(=O)NCC(C)C)c(=O)c12. The Kier molecular flexibility index (Phi) is 3.64. The zero-order valence-electron chi connectivity index (χ0n) is 11.1. The summed E-state index contributed by atoms with van der Waals surface area (Å²) >= 11 is 0. The summed E-state index contributed by atoms with van der Waals surface area (Å²) in [4.78, 5) is 27.8. The van der Waals surface area contributed by atoms with Gasteiger partial charge >= 0.3 is 0 Å². The van der Waals surface area contributed by atoms with E-state index >= 15 is 0 Å². The van der Waals surface area contributed by atoms with Crippen molar-refractivity contribution < 1.29 is 9.32 Å². The molecule has 0 unspecified atom stereocenters. The van der Waals surface area contributed by atoms with Gasteiger partial charge in [0.2, 0.25) is 5.91 Å². The first-order valence-electron chi connectivity index (χ1n) is 6.07. The number of hydrogen-bond donors (Lipinski definition) is 1. The highest BCUT2D eigenvalue weighted by Crippen LogP contribution is 2.09. The number of rotatable bonds is 4.